The number of fused-ring (bicyclic) bond motifs is 1. The van der Waals surface area contributed by atoms with Crippen LogP contribution in [0.4, 0.5) is 17.1 Å². The zero-order valence-corrected chi connectivity index (χ0v) is 24.3. The largest absolute Gasteiger partial charge is 1.00 e. The van der Waals surface area contributed by atoms with Gasteiger partial charge in [0.15, 0.2) is 0 Å². The number of benzene rings is 3. The Morgan fingerprint density at radius 1 is 0.912 bits per heavy atom. The number of hydrogen-bond acceptors (Lipinski definition) is 9. The fourth-order valence-electron chi connectivity index (χ4n) is 2.72. The Hall–Kier alpha value is -1.10. The van der Waals surface area contributed by atoms with Crippen molar-refractivity contribution in [3.63, 3.8) is 0 Å². The fraction of sp³-hybridized carbons (Fsp3) is 0.0556. The second-order valence-electron chi connectivity index (χ2n) is 6.35. The van der Waals surface area contributed by atoms with Gasteiger partial charge in [-0.15, -0.1) is 5.11 Å². The molecule has 0 radical (unpaired) electrons. The molecule has 0 amide bonds. The van der Waals surface area contributed by atoms with Crippen molar-refractivity contribution < 1.29 is 95.3 Å². The molecular formula is C18H12ClN3Na2O8S2. The molecule has 0 atom stereocenters. The minimum Gasteiger partial charge on any atom is -0.870 e. The molecule has 3 aromatic carbocycles. The third-order valence-corrected chi connectivity index (χ3v) is 6.03. The van der Waals surface area contributed by atoms with Gasteiger partial charge in [0.1, 0.15) is 4.90 Å². The van der Waals surface area contributed by atoms with Crippen molar-refractivity contribution in [3.8, 4) is 5.75 Å². The normalized spacial score (nSPS) is 12.4. The first kappa shape index (κ1) is 30.9. The molecule has 0 fully saturated rings. The van der Waals surface area contributed by atoms with E-state index < -0.39 is 52.4 Å². The first-order chi connectivity index (χ1) is 14.8. The van der Waals surface area contributed by atoms with Crippen LogP contribution < -0.4 is 69.3 Å². The topological polar surface area (TPSA) is 192 Å². The van der Waals surface area contributed by atoms with E-state index in [1.165, 1.54) is 31.2 Å². The summed E-state index contributed by atoms with van der Waals surface area (Å²) in [5.41, 5.74) is -0.258. The maximum Gasteiger partial charge on any atom is 1.00 e. The number of azo groups is 1. The summed E-state index contributed by atoms with van der Waals surface area (Å²) in [6.45, 7) is 1.27. The van der Waals surface area contributed by atoms with Crippen LogP contribution in [0.15, 0.2) is 67.5 Å². The number of halogens is 1. The smallest absolute Gasteiger partial charge is 0.870 e. The zero-order valence-electron chi connectivity index (χ0n) is 17.9. The van der Waals surface area contributed by atoms with Crippen LogP contribution in [0.5, 0.6) is 5.75 Å². The molecule has 0 bridgehead atoms. The number of aliphatic imine (C=N–C) groups is 1. The van der Waals surface area contributed by atoms with Crippen LogP contribution in [0.2, 0.25) is 5.02 Å². The van der Waals surface area contributed by atoms with Crippen molar-refractivity contribution in [2.24, 2.45) is 15.2 Å². The summed E-state index contributed by atoms with van der Waals surface area (Å²) in [6, 6.07) is 8.09. The van der Waals surface area contributed by atoms with Gasteiger partial charge in [-0.2, -0.15) is 21.9 Å². The van der Waals surface area contributed by atoms with E-state index in [0.717, 1.165) is 18.2 Å². The van der Waals surface area contributed by atoms with Gasteiger partial charge in [-0.3, -0.25) is 14.1 Å². The monoisotopic (exact) mass is 543 g/mol. The van der Waals surface area contributed by atoms with E-state index in [2.05, 4.69) is 15.2 Å². The van der Waals surface area contributed by atoms with Gasteiger partial charge in [0.2, 0.25) is 0 Å². The quantitative estimate of drug-likeness (QED) is 0.111. The predicted octanol–water partition coefficient (Wildman–Crippen LogP) is -3.11. The van der Waals surface area contributed by atoms with Crippen LogP contribution in [0.3, 0.4) is 0 Å². The second-order valence-corrected chi connectivity index (χ2v) is 9.57. The molecule has 2 N–H and O–H groups in total. The summed E-state index contributed by atoms with van der Waals surface area (Å²) in [7, 11) is -9.71. The number of nitrogens with zero attached hydrogens (tertiary/aromatic N) is 3. The third kappa shape index (κ3) is 7.21. The molecule has 0 aromatic heterocycles. The average molecular weight is 544 g/mol. The third-order valence-electron chi connectivity index (χ3n) is 4.03. The maximum atomic E-state index is 12.9. The minimum absolute atomic E-state index is 0. The standard InChI is InChI=1S/C18H14ClN3O8S2.2Na/c1-9(23)20-11-2-4-12(5-3-11)21-22-17-15(32(28,29)30)7-10-6-13(31(25,26)27)8-14(19)16(10)18(17)24;;/h2-8,24H,1H3,(H,20,23)(H,25,26,27)(H,28,29,30);;/q;2*+1/p-2. The van der Waals surface area contributed by atoms with Crippen LogP contribution in [-0.4, -0.2) is 31.8 Å². The Morgan fingerprint density at radius 2 is 1.47 bits per heavy atom. The second kappa shape index (κ2) is 11.8. The van der Waals surface area contributed by atoms with Gasteiger partial charge < -0.3 is 10.2 Å². The summed E-state index contributed by atoms with van der Waals surface area (Å²) in [5, 5.41) is 30.4. The Balaban J connectivity index is 0.00000289. The molecule has 0 spiro atoms. The fourth-order valence-corrected chi connectivity index (χ4v) is 4.29. The first-order valence-corrected chi connectivity index (χ1v) is 11.7. The van der Waals surface area contributed by atoms with Gasteiger partial charge in [-0.05, 0) is 66.1 Å². The van der Waals surface area contributed by atoms with Crippen molar-refractivity contribution in [2.75, 3.05) is 0 Å². The van der Waals surface area contributed by atoms with Crippen molar-refractivity contribution in [1.29, 1.82) is 0 Å². The van der Waals surface area contributed by atoms with E-state index in [4.69, 9.17) is 11.6 Å². The van der Waals surface area contributed by atoms with Gasteiger partial charge >= 0.3 is 59.1 Å². The molecule has 11 nitrogen and oxygen atoms in total. The van der Waals surface area contributed by atoms with Crippen LogP contribution in [0.25, 0.3) is 10.8 Å². The van der Waals surface area contributed by atoms with Crippen molar-refractivity contribution >= 4 is 65.6 Å². The Kier molecular flexibility index (Phi) is 10.7. The molecule has 3 aromatic rings. The molecule has 0 saturated heterocycles. The van der Waals surface area contributed by atoms with E-state index in [9.17, 15) is 36.2 Å². The molecule has 0 saturated carbocycles. The van der Waals surface area contributed by atoms with Gasteiger partial charge in [0.25, 0.3) is 20.2 Å². The van der Waals surface area contributed by atoms with Crippen molar-refractivity contribution in [2.45, 2.75) is 16.7 Å². The van der Waals surface area contributed by atoms with E-state index in [1.54, 1.807) is 0 Å². The van der Waals surface area contributed by atoms with Crippen LogP contribution in [0.1, 0.15) is 6.92 Å². The van der Waals surface area contributed by atoms with E-state index in [0.29, 0.717) is 5.69 Å². The summed E-state index contributed by atoms with van der Waals surface area (Å²) in [6.07, 6.45) is 0. The minimum atomic E-state index is -4.99. The maximum absolute atomic E-state index is 12.9. The zero-order chi connectivity index (χ0) is 23.8. The average Bonchev–Trinajstić information content (AvgIpc) is 2.66. The van der Waals surface area contributed by atoms with Crippen molar-refractivity contribution in [3.05, 3.63) is 47.5 Å². The number of rotatable bonds is 5. The Morgan fingerprint density at radius 3 is 1.97 bits per heavy atom. The molecule has 168 valence electrons. The van der Waals surface area contributed by atoms with Gasteiger partial charge in [-0.25, -0.2) is 0 Å². The molecule has 0 heterocycles. The summed E-state index contributed by atoms with van der Waals surface area (Å²) in [4.78, 5) is 2.08. The van der Waals surface area contributed by atoms with Gasteiger partial charge in [0, 0.05) is 5.02 Å². The Labute approximate surface area is 243 Å². The molecule has 0 unspecified atom stereocenters. The van der Waals surface area contributed by atoms with Crippen LogP contribution in [-0.2, 0) is 20.2 Å². The SMILES string of the molecule is CC([O-])=Nc1ccc(N=Nc2c(S(=O)(=O)O)cc3cc(S(=O)(=O)O)cc(Cl)c3c2[O-])cc1.[Na+].[Na+]. The van der Waals surface area contributed by atoms with E-state index in [1.807, 2.05) is 0 Å². The Bertz CT molecular complexity index is 1510. The summed E-state index contributed by atoms with van der Waals surface area (Å²) >= 11 is 5.99. The van der Waals surface area contributed by atoms with Crippen LogP contribution in [0, 0.1) is 0 Å². The predicted molar refractivity (Wildman–Crippen MR) is 111 cm³/mol. The molecule has 0 aliphatic heterocycles. The summed E-state index contributed by atoms with van der Waals surface area (Å²) in [5.74, 6) is -1.47. The van der Waals surface area contributed by atoms with Gasteiger partial charge in [-0.1, -0.05) is 17.4 Å². The van der Waals surface area contributed by atoms with E-state index in [-0.39, 0.29) is 75.6 Å². The number of hydrogen-bond donors (Lipinski definition) is 2. The van der Waals surface area contributed by atoms with Crippen molar-refractivity contribution in [1.82, 2.24) is 0 Å². The molecule has 34 heavy (non-hydrogen) atoms. The summed E-state index contributed by atoms with van der Waals surface area (Å²) < 4.78 is 65.3. The van der Waals surface area contributed by atoms with E-state index >= 15 is 0 Å². The molecule has 0 aliphatic carbocycles. The molecule has 16 heteroatoms. The molecular weight excluding hydrogens is 532 g/mol. The first-order valence-electron chi connectivity index (χ1n) is 8.44. The van der Waals surface area contributed by atoms with Crippen LogP contribution >= 0.6 is 11.6 Å². The molecule has 3 rings (SSSR count). The van der Waals surface area contributed by atoms with Gasteiger partial charge in [0.05, 0.1) is 22.0 Å². The molecule has 0 aliphatic rings.